The molecule has 0 saturated carbocycles. The van der Waals surface area contributed by atoms with E-state index in [4.69, 9.17) is 10.5 Å². The second-order valence-corrected chi connectivity index (χ2v) is 7.73. The molecule has 0 aromatic heterocycles. The van der Waals surface area contributed by atoms with E-state index in [0.29, 0.717) is 0 Å². The molecule has 1 heterocycles. The van der Waals surface area contributed by atoms with Gasteiger partial charge in [0.25, 0.3) is 0 Å². The normalized spacial score (nSPS) is 19.4. The maximum atomic E-state index is 11.2. The van der Waals surface area contributed by atoms with E-state index in [9.17, 15) is 4.79 Å². The van der Waals surface area contributed by atoms with Gasteiger partial charge in [-0.2, -0.15) is 0 Å². The van der Waals surface area contributed by atoms with Crippen LogP contribution >= 0.6 is 11.8 Å². The predicted octanol–water partition coefficient (Wildman–Crippen LogP) is 5.23. The third kappa shape index (κ3) is 6.48. The number of carbonyl (C=O) groups is 1. The summed E-state index contributed by atoms with van der Waals surface area (Å²) < 4.78 is 5.42. The minimum Gasteiger partial charge on any atom is -0.367 e. The zero-order valence-electron chi connectivity index (χ0n) is 14.8. The summed E-state index contributed by atoms with van der Waals surface area (Å²) >= 11 is 1.87. The number of thioether (sulfide) groups is 1. The van der Waals surface area contributed by atoms with Gasteiger partial charge in [-0.3, -0.25) is 4.79 Å². The molecule has 134 valence electrons. The highest BCUT2D eigenvalue weighted by atomic mass is 32.2. The monoisotopic (exact) mass is 349 g/mol. The van der Waals surface area contributed by atoms with Crippen molar-refractivity contribution in [3.05, 3.63) is 29.8 Å². The van der Waals surface area contributed by atoms with Crippen LogP contribution in [0, 0.1) is 0 Å². The summed E-state index contributed by atoms with van der Waals surface area (Å²) in [5.41, 5.74) is 6.42. The van der Waals surface area contributed by atoms with Gasteiger partial charge in [-0.1, -0.05) is 76.5 Å². The number of carbonyl (C=O) groups excluding carboxylic acids is 1. The summed E-state index contributed by atoms with van der Waals surface area (Å²) in [4.78, 5) is 12.4. The number of nitrogens with two attached hydrogens (primary N) is 1. The first-order valence-corrected chi connectivity index (χ1v) is 10.4. The minimum atomic E-state index is -0.431. The van der Waals surface area contributed by atoms with Crippen molar-refractivity contribution in [2.24, 2.45) is 5.73 Å². The highest BCUT2D eigenvalue weighted by molar-refractivity contribution is 7.99. The molecule has 2 atom stereocenters. The van der Waals surface area contributed by atoms with Crippen LogP contribution in [0.5, 0.6) is 0 Å². The molecule has 1 aliphatic rings. The Balaban J connectivity index is 1.59. The van der Waals surface area contributed by atoms with Gasteiger partial charge in [0, 0.05) is 4.90 Å². The Labute approximate surface area is 150 Å². The summed E-state index contributed by atoms with van der Waals surface area (Å²) in [6, 6.07) is 8.21. The summed E-state index contributed by atoms with van der Waals surface area (Å²) in [6.45, 7) is 2.26. The summed E-state index contributed by atoms with van der Waals surface area (Å²) in [5.74, 6) is 0.764. The number of unbranched alkanes of at least 4 members (excludes halogenated alkanes) is 8. The number of benzene rings is 1. The Morgan fingerprint density at radius 2 is 1.67 bits per heavy atom. The molecule has 0 bridgehead atoms. The second kappa shape index (κ2) is 10.8. The van der Waals surface area contributed by atoms with Gasteiger partial charge in [0.15, 0.2) is 6.10 Å². The summed E-state index contributed by atoms with van der Waals surface area (Å²) in [6.07, 6.45) is 11.6. The number of hydrogen-bond donors (Lipinski definition) is 1. The molecular weight excluding hydrogens is 318 g/mol. The van der Waals surface area contributed by atoms with Crippen LogP contribution in [0.1, 0.15) is 76.4 Å². The number of ether oxygens (including phenoxy) is 1. The van der Waals surface area contributed by atoms with Crippen molar-refractivity contribution >= 4 is 17.7 Å². The Morgan fingerprint density at radius 3 is 2.29 bits per heavy atom. The zero-order valence-corrected chi connectivity index (χ0v) is 15.7. The zero-order chi connectivity index (χ0) is 17.2. The van der Waals surface area contributed by atoms with E-state index in [1.807, 2.05) is 30.0 Å². The lowest BCUT2D eigenvalue weighted by Gasteiger charge is -2.07. The van der Waals surface area contributed by atoms with Gasteiger partial charge in [0.05, 0.1) is 0 Å². The topological polar surface area (TPSA) is 55.6 Å². The van der Waals surface area contributed by atoms with Gasteiger partial charge in [-0.15, -0.1) is 11.8 Å². The second-order valence-electron chi connectivity index (χ2n) is 6.59. The maximum absolute atomic E-state index is 11.2. The lowest BCUT2D eigenvalue weighted by molar-refractivity contribution is -0.119. The van der Waals surface area contributed by atoms with Gasteiger partial charge in [0.1, 0.15) is 6.10 Å². The van der Waals surface area contributed by atoms with Crippen molar-refractivity contribution in [2.45, 2.75) is 81.8 Å². The molecule has 1 aliphatic heterocycles. The van der Waals surface area contributed by atoms with E-state index >= 15 is 0 Å². The average Bonchev–Trinajstić information content (AvgIpc) is 3.38. The molecule has 24 heavy (non-hydrogen) atoms. The molecule has 0 radical (unpaired) electrons. The molecule has 1 aromatic rings. The fourth-order valence-electron chi connectivity index (χ4n) is 3.01. The number of rotatable bonds is 13. The van der Waals surface area contributed by atoms with Gasteiger partial charge in [-0.05, 0) is 23.8 Å². The van der Waals surface area contributed by atoms with E-state index < -0.39 is 6.10 Å². The Kier molecular flexibility index (Phi) is 8.68. The van der Waals surface area contributed by atoms with Gasteiger partial charge < -0.3 is 10.5 Å². The largest absolute Gasteiger partial charge is 0.367 e. The van der Waals surface area contributed by atoms with E-state index in [1.54, 1.807) is 0 Å². The highest BCUT2D eigenvalue weighted by Gasteiger charge is 2.45. The molecule has 0 spiro atoms. The number of epoxide rings is 1. The number of amides is 1. The van der Waals surface area contributed by atoms with E-state index in [1.165, 1.54) is 62.7 Å². The van der Waals surface area contributed by atoms with Crippen LogP contribution in [-0.4, -0.2) is 17.8 Å². The van der Waals surface area contributed by atoms with Crippen molar-refractivity contribution in [3.8, 4) is 0 Å². The lowest BCUT2D eigenvalue weighted by atomic mass is 10.1. The molecule has 4 heteroatoms. The molecule has 2 unspecified atom stereocenters. The standard InChI is InChI=1S/C20H31NO2S/c1-2-3-4-5-6-7-8-9-12-15-24-17-14-11-10-13-16(17)18-19(23-18)20(21)22/h10-11,13-14,18-19H,2-9,12,15H2,1H3,(H2,21,22). The fourth-order valence-corrected chi connectivity index (χ4v) is 4.10. The van der Waals surface area contributed by atoms with Crippen molar-refractivity contribution in [1.82, 2.24) is 0 Å². The molecule has 3 nitrogen and oxygen atoms in total. The van der Waals surface area contributed by atoms with Crippen LogP contribution in [0.2, 0.25) is 0 Å². The molecule has 1 fully saturated rings. The van der Waals surface area contributed by atoms with Crippen molar-refractivity contribution in [3.63, 3.8) is 0 Å². The maximum Gasteiger partial charge on any atom is 0.249 e. The van der Waals surface area contributed by atoms with Gasteiger partial charge in [-0.25, -0.2) is 0 Å². The first-order valence-electron chi connectivity index (χ1n) is 9.40. The third-order valence-corrected chi connectivity index (χ3v) is 5.68. The van der Waals surface area contributed by atoms with Crippen LogP contribution in [0.3, 0.4) is 0 Å². The van der Waals surface area contributed by atoms with Crippen LogP contribution < -0.4 is 5.73 Å². The Hall–Kier alpha value is -1.00. The summed E-state index contributed by atoms with van der Waals surface area (Å²) in [5, 5.41) is 0. The first kappa shape index (κ1) is 19.3. The van der Waals surface area contributed by atoms with Crippen molar-refractivity contribution < 1.29 is 9.53 Å². The van der Waals surface area contributed by atoms with Crippen LogP contribution in [0.4, 0.5) is 0 Å². The van der Waals surface area contributed by atoms with Crippen LogP contribution in [-0.2, 0) is 9.53 Å². The number of primary amides is 1. The molecule has 1 aromatic carbocycles. The molecule has 2 rings (SSSR count). The van der Waals surface area contributed by atoms with Gasteiger partial charge >= 0.3 is 0 Å². The third-order valence-electron chi connectivity index (χ3n) is 4.50. The van der Waals surface area contributed by atoms with E-state index in [-0.39, 0.29) is 12.0 Å². The highest BCUT2D eigenvalue weighted by Crippen LogP contribution is 2.42. The van der Waals surface area contributed by atoms with Crippen LogP contribution in [0.25, 0.3) is 0 Å². The molecule has 2 N–H and O–H groups in total. The van der Waals surface area contributed by atoms with Crippen molar-refractivity contribution in [2.75, 3.05) is 5.75 Å². The quantitative estimate of drug-likeness (QED) is 0.301. The molecule has 1 saturated heterocycles. The number of hydrogen-bond acceptors (Lipinski definition) is 3. The molecule has 0 aliphatic carbocycles. The SMILES string of the molecule is CCCCCCCCCCCSc1ccccc1C1OC1C(N)=O. The average molecular weight is 350 g/mol. The van der Waals surface area contributed by atoms with E-state index in [0.717, 1.165) is 11.3 Å². The Morgan fingerprint density at radius 1 is 1.04 bits per heavy atom. The first-order chi connectivity index (χ1) is 11.7. The molecule has 1 amide bonds. The van der Waals surface area contributed by atoms with Crippen molar-refractivity contribution in [1.29, 1.82) is 0 Å². The fraction of sp³-hybridized carbons (Fsp3) is 0.650. The van der Waals surface area contributed by atoms with E-state index in [2.05, 4.69) is 13.0 Å². The summed E-state index contributed by atoms with van der Waals surface area (Å²) in [7, 11) is 0. The minimum absolute atomic E-state index is 0.130. The molecular formula is C20H31NO2S. The Bertz CT molecular complexity index is 506. The van der Waals surface area contributed by atoms with Gasteiger partial charge in [0.2, 0.25) is 5.91 Å². The van der Waals surface area contributed by atoms with Crippen LogP contribution in [0.15, 0.2) is 29.2 Å². The lowest BCUT2D eigenvalue weighted by Crippen LogP contribution is -2.18. The smallest absolute Gasteiger partial charge is 0.249 e. The predicted molar refractivity (Wildman–Crippen MR) is 101 cm³/mol.